The molecule has 0 aliphatic carbocycles. The molecule has 3 aromatic rings. The van der Waals surface area contributed by atoms with Gasteiger partial charge in [-0.05, 0) is 71.8 Å². The molecular weight excluding hydrogens is 690 g/mol. The van der Waals surface area contributed by atoms with E-state index < -0.39 is 29.4 Å². The average Bonchev–Trinajstić information content (AvgIpc) is 2.99. The minimum absolute atomic E-state index is 0.0355. The van der Waals surface area contributed by atoms with Crippen LogP contribution in [0, 0.1) is 10.1 Å². The number of hydrogen-bond donors (Lipinski definition) is 3. The number of nitrogens with one attached hydrogen (secondary N) is 3. The zero-order chi connectivity index (χ0) is 32.5. The van der Waals surface area contributed by atoms with Crippen LogP contribution in [-0.4, -0.2) is 41.3 Å². The molecule has 0 fully saturated rings. The molecule has 1 amide bonds. The molecule has 1 aliphatic rings. The summed E-state index contributed by atoms with van der Waals surface area (Å²) < 4.78 is 17.1. The number of hydrogen-bond acceptors (Lipinski definition) is 9. The van der Waals surface area contributed by atoms with Crippen molar-refractivity contribution >= 4 is 68.6 Å². The Bertz CT molecular complexity index is 1700. The van der Waals surface area contributed by atoms with Crippen molar-refractivity contribution in [1.82, 2.24) is 16.1 Å². The summed E-state index contributed by atoms with van der Waals surface area (Å²) in [6.07, 6.45) is 1.25. The Morgan fingerprint density at radius 2 is 1.96 bits per heavy atom. The van der Waals surface area contributed by atoms with Crippen LogP contribution < -0.4 is 25.5 Å². The van der Waals surface area contributed by atoms with Crippen molar-refractivity contribution in [3.05, 3.63) is 108 Å². The zero-order valence-corrected chi connectivity index (χ0v) is 27.1. The van der Waals surface area contributed by atoms with Crippen LogP contribution in [0.3, 0.4) is 0 Å². The molecule has 45 heavy (non-hydrogen) atoms. The molecule has 0 bridgehead atoms. The molecule has 12 nitrogen and oxygen atoms in total. The number of allylic oxidation sites excluding steroid dienone is 1. The first-order valence-corrected chi connectivity index (χ1v) is 15.0. The van der Waals surface area contributed by atoms with E-state index in [0.717, 1.165) is 5.56 Å². The number of hydrazone groups is 1. The number of carbonyl (C=O) groups excluding carboxylic acids is 2. The lowest BCUT2D eigenvalue weighted by atomic mass is 9.95. The molecule has 3 aromatic carbocycles. The van der Waals surface area contributed by atoms with Crippen LogP contribution in [0.25, 0.3) is 0 Å². The lowest BCUT2D eigenvalue weighted by Gasteiger charge is -2.30. The molecule has 1 aliphatic heterocycles. The van der Waals surface area contributed by atoms with Crippen molar-refractivity contribution in [2.24, 2.45) is 5.10 Å². The Morgan fingerprint density at radius 3 is 2.69 bits per heavy atom. The van der Waals surface area contributed by atoms with Crippen molar-refractivity contribution in [1.29, 1.82) is 0 Å². The predicted molar refractivity (Wildman–Crippen MR) is 175 cm³/mol. The van der Waals surface area contributed by atoms with Gasteiger partial charge >= 0.3 is 11.7 Å². The number of benzene rings is 3. The van der Waals surface area contributed by atoms with Crippen LogP contribution in [0.15, 0.2) is 81.5 Å². The van der Waals surface area contributed by atoms with Gasteiger partial charge in [0.25, 0.3) is 5.91 Å². The highest BCUT2D eigenvalue weighted by Crippen LogP contribution is 2.37. The normalized spacial score (nSPS) is 14.4. The van der Waals surface area contributed by atoms with E-state index in [1.807, 2.05) is 0 Å². The second kappa shape index (κ2) is 15.5. The number of nitrogens with zero attached hydrogens (tertiary/aromatic N) is 2. The van der Waals surface area contributed by atoms with Gasteiger partial charge in [0, 0.05) is 27.9 Å². The molecular formula is C30H27BrClN5O7S. The van der Waals surface area contributed by atoms with E-state index >= 15 is 0 Å². The van der Waals surface area contributed by atoms with E-state index in [1.165, 1.54) is 12.3 Å². The van der Waals surface area contributed by atoms with Gasteiger partial charge in [0.2, 0.25) is 5.75 Å². The molecule has 0 saturated heterocycles. The maximum absolute atomic E-state index is 12.7. The minimum atomic E-state index is -0.679. The standard InChI is InChI=1S/C30H27BrClN5O7S/c1-3-42-29(39)26-17(2)34-30(45)35-27(26)21-9-4-5-10-24(21)43-16-25(38)36-33-14-19-12-22(31)28(23(13-19)37(40)41)44-15-18-7-6-8-20(32)11-18/h4-14,27H,3,15-16H2,1-2H3,(H,36,38)(H2,34,35,45)/t27-/m0/s1. The zero-order valence-electron chi connectivity index (χ0n) is 24.0. The second-order valence-electron chi connectivity index (χ2n) is 9.44. The fraction of sp³-hybridized carbons (Fsp3) is 0.200. The van der Waals surface area contributed by atoms with Crippen LogP contribution in [0.2, 0.25) is 5.02 Å². The first kappa shape index (κ1) is 33.4. The van der Waals surface area contributed by atoms with Crippen LogP contribution in [-0.2, 0) is 20.9 Å². The first-order chi connectivity index (χ1) is 21.6. The molecule has 0 spiro atoms. The summed E-state index contributed by atoms with van der Waals surface area (Å²) in [5.41, 5.74) is 4.55. The number of esters is 1. The monoisotopic (exact) mass is 715 g/mol. The van der Waals surface area contributed by atoms with Gasteiger partial charge in [-0.3, -0.25) is 14.9 Å². The molecule has 0 radical (unpaired) electrons. The molecule has 4 rings (SSSR count). The van der Waals surface area contributed by atoms with Gasteiger partial charge in [-0.1, -0.05) is 41.9 Å². The molecule has 0 aromatic heterocycles. The third kappa shape index (κ3) is 8.77. The summed E-state index contributed by atoms with van der Waals surface area (Å²) in [7, 11) is 0. The first-order valence-electron chi connectivity index (χ1n) is 13.4. The number of halogens is 2. The molecule has 15 heteroatoms. The quantitative estimate of drug-likeness (QED) is 0.0723. The third-order valence-corrected chi connectivity index (χ3v) is 7.32. The van der Waals surface area contributed by atoms with E-state index in [1.54, 1.807) is 68.4 Å². The SMILES string of the molecule is CCOC(=O)C1=C(C)NC(=S)N[C@H]1c1ccccc1OCC(=O)NN=Cc1cc(Br)c(OCc2cccc(Cl)c2)c([N+](=O)[O-])c1. The van der Waals surface area contributed by atoms with Gasteiger partial charge in [0.05, 0.1) is 33.8 Å². The fourth-order valence-electron chi connectivity index (χ4n) is 4.35. The highest BCUT2D eigenvalue weighted by Gasteiger charge is 2.32. The summed E-state index contributed by atoms with van der Waals surface area (Å²) in [6.45, 7) is 3.27. The summed E-state index contributed by atoms with van der Waals surface area (Å²) in [5.74, 6) is -0.742. The number of amides is 1. The number of carbonyl (C=O) groups is 2. The topological polar surface area (TPSA) is 153 Å². The van der Waals surface area contributed by atoms with Crippen LogP contribution in [0.5, 0.6) is 11.5 Å². The molecule has 1 heterocycles. The fourth-order valence-corrected chi connectivity index (χ4v) is 5.41. The van der Waals surface area contributed by atoms with E-state index in [4.69, 9.17) is 38.0 Å². The summed E-state index contributed by atoms with van der Waals surface area (Å²) in [4.78, 5) is 36.5. The van der Waals surface area contributed by atoms with Gasteiger partial charge in [0.15, 0.2) is 11.7 Å². The van der Waals surface area contributed by atoms with Crippen molar-refractivity contribution < 1.29 is 28.7 Å². The van der Waals surface area contributed by atoms with E-state index in [-0.39, 0.29) is 24.7 Å². The Kier molecular flexibility index (Phi) is 11.5. The van der Waals surface area contributed by atoms with Crippen molar-refractivity contribution in [3.8, 4) is 11.5 Å². The molecule has 0 unspecified atom stereocenters. The number of thiocarbonyl (C=S) groups is 1. The summed E-state index contributed by atoms with van der Waals surface area (Å²) >= 11 is 14.6. The van der Waals surface area contributed by atoms with Crippen LogP contribution in [0.1, 0.15) is 36.6 Å². The molecule has 3 N–H and O–H groups in total. The van der Waals surface area contributed by atoms with Crippen molar-refractivity contribution in [3.63, 3.8) is 0 Å². The van der Waals surface area contributed by atoms with E-state index in [9.17, 15) is 19.7 Å². The largest absolute Gasteiger partial charge is 0.483 e. The van der Waals surface area contributed by atoms with E-state index in [0.29, 0.717) is 42.8 Å². The lowest BCUT2D eigenvalue weighted by molar-refractivity contribution is -0.386. The highest BCUT2D eigenvalue weighted by atomic mass is 79.9. The average molecular weight is 717 g/mol. The maximum Gasteiger partial charge on any atom is 0.338 e. The second-order valence-corrected chi connectivity index (χ2v) is 11.1. The summed E-state index contributed by atoms with van der Waals surface area (Å²) in [5, 5.41) is 22.5. The van der Waals surface area contributed by atoms with Gasteiger partial charge < -0.3 is 24.8 Å². The number of para-hydroxylation sites is 1. The van der Waals surface area contributed by atoms with Gasteiger partial charge in [0.1, 0.15) is 12.4 Å². The molecule has 0 saturated carbocycles. The Morgan fingerprint density at radius 1 is 1.18 bits per heavy atom. The smallest absolute Gasteiger partial charge is 0.338 e. The predicted octanol–water partition coefficient (Wildman–Crippen LogP) is 5.47. The van der Waals surface area contributed by atoms with Crippen molar-refractivity contribution in [2.45, 2.75) is 26.5 Å². The minimum Gasteiger partial charge on any atom is -0.483 e. The number of rotatable bonds is 12. The van der Waals surface area contributed by atoms with Crippen LogP contribution >= 0.6 is 39.7 Å². The lowest BCUT2D eigenvalue weighted by Crippen LogP contribution is -2.45. The van der Waals surface area contributed by atoms with E-state index in [2.05, 4.69) is 37.1 Å². The Hall–Kier alpha value is -4.53. The highest BCUT2D eigenvalue weighted by molar-refractivity contribution is 9.10. The van der Waals surface area contributed by atoms with Gasteiger partial charge in [-0.15, -0.1) is 0 Å². The van der Waals surface area contributed by atoms with Crippen LogP contribution in [0.4, 0.5) is 5.69 Å². The van der Waals surface area contributed by atoms with Gasteiger partial charge in [-0.25, -0.2) is 10.2 Å². The Labute approximate surface area is 277 Å². The molecule has 1 atom stereocenters. The Balaban J connectivity index is 1.42. The maximum atomic E-state index is 12.7. The number of nitro benzene ring substituents is 1. The number of nitro groups is 1. The van der Waals surface area contributed by atoms with Gasteiger partial charge in [-0.2, -0.15) is 5.10 Å². The van der Waals surface area contributed by atoms with Crippen molar-refractivity contribution in [2.75, 3.05) is 13.2 Å². The molecule has 234 valence electrons. The third-order valence-electron chi connectivity index (χ3n) is 6.27. The number of ether oxygens (including phenoxy) is 3. The summed E-state index contributed by atoms with van der Waals surface area (Å²) in [6, 6.07) is 16.0.